The average Bonchev–Trinajstić information content (AvgIpc) is 3.18. The Morgan fingerprint density at radius 1 is 1.42 bits per heavy atom. The molecule has 0 saturated carbocycles. The number of para-hydroxylation sites is 1. The number of aromatic nitrogens is 1. The summed E-state index contributed by atoms with van der Waals surface area (Å²) in [6.45, 7) is 2.98. The van der Waals surface area contributed by atoms with Crippen LogP contribution in [0.3, 0.4) is 0 Å². The minimum Gasteiger partial charge on any atom is -0.333 e. The van der Waals surface area contributed by atoms with Crippen molar-refractivity contribution in [1.29, 1.82) is 0 Å². The second-order valence-electron chi connectivity index (χ2n) is 5.75. The van der Waals surface area contributed by atoms with Crippen molar-refractivity contribution in [2.75, 3.05) is 18.5 Å². The Kier molecular flexibility index (Phi) is 4.80. The lowest BCUT2D eigenvalue weighted by atomic mass is 10.2. The second kappa shape index (κ2) is 7.00. The van der Waals surface area contributed by atoms with E-state index in [9.17, 15) is 9.59 Å². The summed E-state index contributed by atoms with van der Waals surface area (Å²) in [6.07, 6.45) is 2.40. The lowest BCUT2D eigenvalue weighted by molar-refractivity contribution is -0.120. The zero-order valence-electron chi connectivity index (χ0n) is 13.7. The Balaban J connectivity index is 1.59. The number of likely N-dealkylation sites (N-methyl/N-ethyl adjacent to an activating group) is 1. The van der Waals surface area contributed by atoms with Gasteiger partial charge in [-0.05, 0) is 25.5 Å². The van der Waals surface area contributed by atoms with Gasteiger partial charge in [0.05, 0.1) is 11.6 Å². The van der Waals surface area contributed by atoms with Crippen LogP contribution in [0.1, 0.15) is 16.3 Å². The van der Waals surface area contributed by atoms with Gasteiger partial charge in [0, 0.05) is 30.4 Å². The van der Waals surface area contributed by atoms with Crippen molar-refractivity contribution in [2.24, 2.45) is 0 Å². The zero-order valence-corrected chi connectivity index (χ0v) is 14.5. The highest BCUT2D eigenvalue weighted by Crippen LogP contribution is 2.23. The number of hydrogen-bond acceptors (Lipinski definition) is 4. The van der Waals surface area contributed by atoms with Crippen molar-refractivity contribution >= 4 is 29.0 Å². The van der Waals surface area contributed by atoms with Crippen LogP contribution in [0.2, 0.25) is 0 Å². The van der Waals surface area contributed by atoms with Crippen LogP contribution in [-0.4, -0.2) is 41.5 Å². The smallest absolute Gasteiger partial charge is 0.318 e. The molecule has 126 valence electrons. The largest absolute Gasteiger partial charge is 0.333 e. The summed E-state index contributed by atoms with van der Waals surface area (Å²) in [5.74, 6) is -0.0347. The van der Waals surface area contributed by atoms with Gasteiger partial charge < -0.3 is 15.1 Å². The molecular weight excluding hydrogens is 324 g/mol. The molecular formula is C17H20N4O2S. The van der Waals surface area contributed by atoms with Gasteiger partial charge in [-0.2, -0.15) is 0 Å². The predicted molar refractivity (Wildman–Crippen MR) is 94.0 cm³/mol. The first-order valence-electron chi connectivity index (χ1n) is 7.84. The van der Waals surface area contributed by atoms with Crippen LogP contribution in [0.25, 0.3) is 0 Å². The summed E-state index contributed by atoms with van der Waals surface area (Å²) < 4.78 is 0. The molecule has 6 nitrogen and oxygen atoms in total. The number of hydrogen-bond donors (Lipinski definition) is 1. The second-order valence-corrected chi connectivity index (χ2v) is 7.06. The van der Waals surface area contributed by atoms with Gasteiger partial charge in [0.25, 0.3) is 0 Å². The van der Waals surface area contributed by atoms with Gasteiger partial charge >= 0.3 is 6.03 Å². The van der Waals surface area contributed by atoms with Gasteiger partial charge in [-0.25, -0.2) is 9.78 Å². The molecule has 1 unspecified atom stereocenters. The highest BCUT2D eigenvalue weighted by Gasteiger charge is 2.37. The van der Waals surface area contributed by atoms with E-state index < -0.39 is 6.04 Å². The zero-order chi connectivity index (χ0) is 17.1. The van der Waals surface area contributed by atoms with E-state index in [2.05, 4.69) is 10.3 Å². The van der Waals surface area contributed by atoms with Gasteiger partial charge in [0.15, 0.2) is 0 Å². The SMILES string of the molecule is Cc1ncc(CNC(=O)N(C)C2CCN(c3ccccc3)C2=O)s1. The Bertz CT molecular complexity index is 731. The minimum atomic E-state index is -0.423. The average molecular weight is 344 g/mol. The summed E-state index contributed by atoms with van der Waals surface area (Å²) in [7, 11) is 1.67. The minimum absolute atomic E-state index is 0.0347. The van der Waals surface area contributed by atoms with Crippen LogP contribution in [0.5, 0.6) is 0 Å². The monoisotopic (exact) mass is 344 g/mol. The van der Waals surface area contributed by atoms with Crippen LogP contribution in [0, 0.1) is 6.92 Å². The molecule has 1 N–H and O–H groups in total. The Morgan fingerprint density at radius 2 is 2.17 bits per heavy atom. The summed E-state index contributed by atoms with van der Waals surface area (Å²) in [4.78, 5) is 33.4. The molecule has 1 aromatic heterocycles. The molecule has 0 spiro atoms. The van der Waals surface area contributed by atoms with Gasteiger partial charge in [-0.1, -0.05) is 18.2 Å². The number of rotatable bonds is 4. The van der Waals surface area contributed by atoms with E-state index >= 15 is 0 Å². The van der Waals surface area contributed by atoms with Gasteiger partial charge in [-0.15, -0.1) is 11.3 Å². The number of urea groups is 1. The van der Waals surface area contributed by atoms with Crippen molar-refractivity contribution in [3.63, 3.8) is 0 Å². The van der Waals surface area contributed by atoms with Crippen LogP contribution in [0.4, 0.5) is 10.5 Å². The number of carbonyl (C=O) groups excluding carboxylic acids is 2. The number of benzene rings is 1. The molecule has 0 bridgehead atoms. The first-order valence-corrected chi connectivity index (χ1v) is 8.66. The number of thiazole rings is 1. The molecule has 1 fully saturated rings. The standard InChI is InChI=1S/C17H20N4O2S/c1-12-18-10-14(24-12)11-19-17(23)20(2)15-8-9-21(16(15)22)13-6-4-3-5-7-13/h3-7,10,15H,8-9,11H2,1-2H3,(H,19,23). The topological polar surface area (TPSA) is 65.5 Å². The van der Waals surface area contributed by atoms with Crippen LogP contribution in [-0.2, 0) is 11.3 Å². The number of aryl methyl sites for hydroxylation is 1. The third-order valence-electron chi connectivity index (χ3n) is 4.12. The van der Waals surface area contributed by atoms with Crippen LogP contribution in [0.15, 0.2) is 36.5 Å². The maximum absolute atomic E-state index is 12.6. The number of nitrogens with one attached hydrogen (secondary N) is 1. The lowest BCUT2D eigenvalue weighted by Crippen LogP contribution is -2.47. The summed E-state index contributed by atoms with van der Waals surface area (Å²) in [5.41, 5.74) is 0.874. The number of carbonyl (C=O) groups is 2. The van der Waals surface area contributed by atoms with Crippen LogP contribution >= 0.6 is 11.3 Å². The first kappa shape index (κ1) is 16.4. The molecule has 1 aliphatic rings. The molecule has 7 heteroatoms. The van der Waals surface area contributed by atoms with Crippen molar-refractivity contribution < 1.29 is 9.59 Å². The van der Waals surface area contributed by atoms with E-state index in [0.717, 1.165) is 15.6 Å². The fourth-order valence-electron chi connectivity index (χ4n) is 2.80. The number of amides is 3. The first-order chi connectivity index (χ1) is 11.6. The van der Waals surface area contributed by atoms with Gasteiger partial charge in [-0.3, -0.25) is 4.79 Å². The normalized spacial score (nSPS) is 17.2. The highest BCUT2D eigenvalue weighted by molar-refractivity contribution is 7.11. The molecule has 1 aliphatic heterocycles. The van der Waals surface area contributed by atoms with E-state index in [4.69, 9.17) is 0 Å². The molecule has 1 atom stereocenters. The van der Waals surface area contributed by atoms with E-state index in [1.807, 2.05) is 37.3 Å². The quantitative estimate of drug-likeness (QED) is 0.926. The molecule has 0 aliphatic carbocycles. The van der Waals surface area contributed by atoms with E-state index in [1.165, 1.54) is 4.90 Å². The summed E-state index contributed by atoms with van der Waals surface area (Å²) in [6, 6.07) is 8.89. The molecule has 2 heterocycles. The Morgan fingerprint density at radius 3 is 2.83 bits per heavy atom. The van der Waals surface area contributed by atoms with Crippen molar-refractivity contribution in [3.8, 4) is 0 Å². The third kappa shape index (κ3) is 3.41. The summed E-state index contributed by atoms with van der Waals surface area (Å²) >= 11 is 1.55. The van der Waals surface area contributed by atoms with E-state index in [-0.39, 0.29) is 11.9 Å². The van der Waals surface area contributed by atoms with Crippen LogP contribution < -0.4 is 10.2 Å². The fourth-order valence-corrected chi connectivity index (χ4v) is 3.54. The Hall–Kier alpha value is -2.41. The Labute approximate surface area is 145 Å². The fraction of sp³-hybridized carbons (Fsp3) is 0.353. The maximum Gasteiger partial charge on any atom is 0.318 e. The van der Waals surface area contributed by atoms with Crippen molar-refractivity contribution in [1.82, 2.24) is 15.2 Å². The van der Waals surface area contributed by atoms with E-state index in [1.54, 1.807) is 29.5 Å². The summed E-state index contributed by atoms with van der Waals surface area (Å²) in [5, 5.41) is 3.82. The third-order valence-corrected chi connectivity index (χ3v) is 5.03. The molecule has 3 amide bonds. The maximum atomic E-state index is 12.6. The number of anilines is 1. The molecule has 24 heavy (non-hydrogen) atoms. The molecule has 0 radical (unpaired) electrons. The van der Waals surface area contributed by atoms with Crippen molar-refractivity contribution in [3.05, 3.63) is 46.4 Å². The van der Waals surface area contributed by atoms with Crippen molar-refractivity contribution in [2.45, 2.75) is 25.9 Å². The molecule has 3 rings (SSSR count). The molecule has 1 aromatic carbocycles. The number of nitrogens with zero attached hydrogens (tertiary/aromatic N) is 3. The lowest BCUT2D eigenvalue weighted by Gasteiger charge is -2.24. The predicted octanol–water partition coefficient (Wildman–Crippen LogP) is 2.40. The molecule has 2 aromatic rings. The van der Waals surface area contributed by atoms with Gasteiger partial charge in [0.1, 0.15) is 6.04 Å². The van der Waals surface area contributed by atoms with E-state index in [0.29, 0.717) is 19.5 Å². The highest BCUT2D eigenvalue weighted by atomic mass is 32.1. The van der Waals surface area contributed by atoms with Gasteiger partial charge in [0.2, 0.25) is 5.91 Å². The molecule has 1 saturated heterocycles.